The molecule has 0 aliphatic heterocycles. The quantitative estimate of drug-likeness (QED) is 0.856. The van der Waals surface area contributed by atoms with Crippen LogP contribution in [-0.2, 0) is 6.54 Å². The van der Waals surface area contributed by atoms with Gasteiger partial charge in [0.05, 0.1) is 0 Å². The normalized spacial score (nSPS) is 11.6. The van der Waals surface area contributed by atoms with Gasteiger partial charge in [-0.25, -0.2) is 0 Å². The van der Waals surface area contributed by atoms with Crippen molar-refractivity contribution >= 4 is 10.9 Å². The SMILES string of the molecule is Cc1ccc2c(c1)c(C(C)C)cn2CCCO. The van der Waals surface area contributed by atoms with Crippen molar-refractivity contribution in [2.24, 2.45) is 0 Å². The van der Waals surface area contributed by atoms with Gasteiger partial charge in [-0.3, -0.25) is 0 Å². The van der Waals surface area contributed by atoms with Crippen molar-refractivity contribution in [1.82, 2.24) is 4.57 Å². The fraction of sp³-hybridized carbons (Fsp3) is 0.467. The van der Waals surface area contributed by atoms with E-state index in [1.165, 1.54) is 22.0 Å². The fourth-order valence-electron chi connectivity index (χ4n) is 2.32. The summed E-state index contributed by atoms with van der Waals surface area (Å²) in [6, 6.07) is 6.61. The average molecular weight is 231 g/mol. The second-order valence-electron chi connectivity index (χ2n) is 5.03. The highest BCUT2D eigenvalue weighted by molar-refractivity contribution is 5.85. The Kier molecular flexibility index (Phi) is 3.53. The molecule has 1 aromatic carbocycles. The first kappa shape index (κ1) is 12.2. The van der Waals surface area contributed by atoms with E-state index in [2.05, 4.69) is 49.7 Å². The smallest absolute Gasteiger partial charge is 0.0483 e. The molecule has 1 aromatic heterocycles. The first-order valence-corrected chi connectivity index (χ1v) is 6.33. The van der Waals surface area contributed by atoms with E-state index in [-0.39, 0.29) is 6.61 Å². The second-order valence-corrected chi connectivity index (χ2v) is 5.03. The molecular weight excluding hydrogens is 210 g/mol. The third kappa shape index (κ3) is 2.37. The lowest BCUT2D eigenvalue weighted by Crippen LogP contribution is -1.98. The third-order valence-corrected chi connectivity index (χ3v) is 3.25. The van der Waals surface area contributed by atoms with Crippen LogP contribution in [0.2, 0.25) is 0 Å². The molecule has 2 rings (SSSR count). The number of rotatable bonds is 4. The summed E-state index contributed by atoms with van der Waals surface area (Å²) < 4.78 is 2.26. The lowest BCUT2D eigenvalue weighted by molar-refractivity contribution is 0.280. The monoisotopic (exact) mass is 231 g/mol. The van der Waals surface area contributed by atoms with Crippen molar-refractivity contribution in [1.29, 1.82) is 0 Å². The zero-order valence-electron chi connectivity index (χ0n) is 10.9. The number of aromatic nitrogens is 1. The van der Waals surface area contributed by atoms with Crippen molar-refractivity contribution in [2.75, 3.05) is 6.61 Å². The maximum absolute atomic E-state index is 8.95. The Labute approximate surface area is 103 Å². The zero-order chi connectivity index (χ0) is 12.4. The number of aliphatic hydroxyl groups is 1. The molecule has 2 aromatic rings. The van der Waals surface area contributed by atoms with Gasteiger partial charge in [0.1, 0.15) is 0 Å². The first-order valence-electron chi connectivity index (χ1n) is 6.33. The summed E-state index contributed by atoms with van der Waals surface area (Å²) in [5.41, 5.74) is 3.99. The summed E-state index contributed by atoms with van der Waals surface area (Å²) >= 11 is 0. The van der Waals surface area contributed by atoms with Crippen molar-refractivity contribution in [3.63, 3.8) is 0 Å². The molecule has 0 amide bonds. The van der Waals surface area contributed by atoms with Crippen LogP contribution in [0.4, 0.5) is 0 Å². The molecule has 0 aliphatic carbocycles. The van der Waals surface area contributed by atoms with Crippen LogP contribution in [0, 0.1) is 6.92 Å². The van der Waals surface area contributed by atoms with E-state index in [0.29, 0.717) is 5.92 Å². The number of fused-ring (bicyclic) bond motifs is 1. The highest BCUT2D eigenvalue weighted by Crippen LogP contribution is 2.28. The summed E-state index contributed by atoms with van der Waals surface area (Å²) in [5, 5.41) is 10.3. The molecule has 0 fully saturated rings. The fourth-order valence-corrected chi connectivity index (χ4v) is 2.32. The van der Waals surface area contributed by atoms with Crippen molar-refractivity contribution in [3.05, 3.63) is 35.5 Å². The van der Waals surface area contributed by atoms with Crippen molar-refractivity contribution < 1.29 is 5.11 Å². The Bertz CT molecular complexity index is 511. The van der Waals surface area contributed by atoms with Gasteiger partial charge in [-0.1, -0.05) is 25.5 Å². The topological polar surface area (TPSA) is 25.2 Å². The molecule has 0 bridgehead atoms. The van der Waals surface area contributed by atoms with Crippen molar-refractivity contribution in [3.8, 4) is 0 Å². The molecular formula is C15H21NO. The highest BCUT2D eigenvalue weighted by atomic mass is 16.3. The molecule has 2 nitrogen and oxygen atoms in total. The Morgan fingerprint density at radius 3 is 2.71 bits per heavy atom. The van der Waals surface area contributed by atoms with Gasteiger partial charge in [0.25, 0.3) is 0 Å². The van der Waals surface area contributed by atoms with E-state index in [4.69, 9.17) is 5.11 Å². The summed E-state index contributed by atoms with van der Waals surface area (Å²) in [5.74, 6) is 0.537. The van der Waals surface area contributed by atoms with Crippen LogP contribution < -0.4 is 0 Å². The molecule has 17 heavy (non-hydrogen) atoms. The molecule has 0 aliphatic rings. The molecule has 0 unspecified atom stereocenters. The minimum atomic E-state index is 0.253. The summed E-state index contributed by atoms with van der Waals surface area (Å²) in [4.78, 5) is 0. The minimum Gasteiger partial charge on any atom is -0.396 e. The zero-order valence-corrected chi connectivity index (χ0v) is 10.9. The Morgan fingerprint density at radius 2 is 2.06 bits per heavy atom. The van der Waals surface area contributed by atoms with E-state index in [1.54, 1.807) is 0 Å². The first-order chi connectivity index (χ1) is 8.13. The van der Waals surface area contributed by atoms with E-state index in [1.807, 2.05) is 0 Å². The largest absolute Gasteiger partial charge is 0.396 e. The maximum Gasteiger partial charge on any atom is 0.0483 e. The van der Waals surface area contributed by atoms with Crippen molar-refractivity contribution in [2.45, 2.75) is 39.7 Å². The minimum absolute atomic E-state index is 0.253. The van der Waals surface area contributed by atoms with Gasteiger partial charge in [-0.05, 0) is 37.0 Å². The number of hydrogen-bond acceptors (Lipinski definition) is 1. The summed E-state index contributed by atoms with van der Waals surface area (Å²) in [7, 11) is 0. The van der Waals surface area contributed by atoms with Crippen LogP contribution in [-0.4, -0.2) is 16.3 Å². The molecule has 0 spiro atoms. The molecule has 2 heteroatoms. The van der Waals surface area contributed by atoms with Crippen LogP contribution in [0.5, 0.6) is 0 Å². The lowest BCUT2D eigenvalue weighted by Gasteiger charge is -2.03. The Hall–Kier alpha value is -1.28. The second kappa shape index (κ2) is 4.92. The molecule has 0 saturated heterocycles. The molecule has 0 radical (unpaired) electrons. The van der Waals surface area contributed by atoms with Crippen LogP contribution in [0.1, 0.15) is 37.3 Å². The van der Waals surface area contributed by atoms with Gasteiger partial charge in [-0.2, -0.15) is 0 Å². The van der Waals surface area contributed by atoms with E-state index in [0.717, 1.165) is 13.0 Å². The molecule has 0 saturated carbocycles. The molecule has 92 valence electrons. The molecule has 0 atom stereocenters. The predicted molar refractivity (Wildman–Crippen MR) is 72.5 cm³/mol. The number of hydrogen-bond donors (Lipinski definition) is 1. The van der Waals surface area contributed by atoms with Gasteiger partial charge >= 0.3 is 0 Å². The molecule has 1 N–H and O–H groups in total. The number of aryl methyl sites for hydroxylation is 2. The predicted octanol–water partition coefficient (Wildman–Crippen LogP) is 3.46. The van der Waals surface area contributed by atoms with Gasteiger partial charge in [0.2, 0.25) is 0 Å². The van der Waals surface area contributed by atoms with Crippen LogP contribution in [0.15, 0.2) is 24.4 Å². The van der Waals surface area contributed by atoms with Gasteiger partial charge in [-0.15, -0.1) is 0 Å². The van der Waals surface area contributed by atoms with Crippen LogP contribution >= 0.6 is 0 Å². The number of aliphatic hydroxyl groups excluding tert-OH is 1. The maximum atomic E-state index is 8.95. The standard InChI is InChI=1S/C15H21NO/c1-11(2)14-10-16(7-4-8-17)15-6-5-12(3)9-13(14)15/h5-6,9-11,17H,4,7-8H2,1-3H3. The van der Waals surface area contributed by atoms with Gasteiger partial charge < -0.3 is 9.67 Å². The van der Waals surface area contributed by atoms with E-state index >= 15 is 0 Å². The third-order valence-electron chi connectivity index (χ3n) is 3.25. The Balaban J connectivity index is 2.54. The molecule has 1 heterocycles. The Morgan fingerprint density at radius 1 is 1.29 bits per heavy atom. The van der Waals surface area contributed by atoms with Gasteiger partial charge in [0.15, 0.2) is 0 Å². The summed E-state index contributed by atoms with van der Waals surface area (Å²) in [6.07, 6.45) is 3.06. The van der Waals surface area contributed by atoms with Crippen LogP contribution in [0.25, 0.3) is 10.9 Å². The number of nitrogens with zero attached hydrogens (tertiary/aromatic N) is 1. The lowest BCUT2D eigenvalue weighted by atomic mass is 10.0. The van der Waals surface area contributed by atoms with E-state index < -0.39 is 0 Å². The van der Waals surface area contributed by atoms with Gasteiger partial charge in [0, 0.05) is 30.3 Å². The average Bonchev–Trinajstić information content (AvgIpc) is 2.64. The highest BCUT2D eigenvalue weighted by Gasteiger charge is 2.10. The number of benzene rings is 1. The van der Waals surface area contributed by atoms with Crippen LogP contribution in [0.3, 0.4) is 0 Å². The van der Waals surface area contributed by atoms with E-state index in [9.17, 15) is 0 Å². The summed E-state index contributed by atoms with van der Waals surface area (Å²) in [6.45, 7) is 7.74.